The average Bonchev–Trinajstić information content (AvgIpc) is 2.31. The molecule has 0 saturated carbocycles. The Bertz CT molecular complexity index is 659. The number of fused-ring (bicyclic) bond motifs is 1. The van der Waals surface area contributed by atoms with Crippen LogP contribution in [0.5, 0.6) is 0 Å². The Balaban J connectivity index is 2.69. The highest BCUT2D eigenvalue weighted by Gasteiger charge is 2.17. The predicted molar refractivity (Wildman–Crippen MR) is 64.0 cm³/mol. The van der Waals surface area contributed by atoms with E-state index in [4.69, 9.17) is 22.1 Å². The average molecular weight is 309 g/mol. The van der Waals surface area contributed by atoms with Gasteiger partial charge in [0.15, 0.2) is 16.7 Å². The van der Waals surface area contributed by atoms with E-state index in [0.717, 1.165) is 4.47 Å². The number of nitriles is 2. The van der Waals surface area contributed by atoms with Crippen LogP contribution in [0.3, 0.4) is 0 Å². The van der Waals surface area contributed by atoms with E-state index in [9.17, 15) is 0 Å². The third kappa shape index (κ3) is 2.19. The van der Waals surface area contributed by atoms with E-state index in [0.29, 0.717) is 11.2 Å². The standard InChI is InChI=1S/C10H3BrClN5/c11-6-1-7-10(15-4-6)17-8(9(12)16-7)5(2-13)3-14/h1,4-5H. The maximum Gasteiger partial charge on any atom is 0.178 e. The van der Waals surface area contributed by atoms with Gasteiger partial charge in [-0.2, -0.15) is 10.5 Å². The highest BCUT2D eigenvalue weighted by Crippen LogP contribution is 2.23. The summed E-state index contributed by atoms with van der Waals surface area (Å²) in [6, 6.07) is 5.31. The SMILES string of the molecule is N#CC(C#N)c1nc2ncc(Br)cc2nc1Cl. The molecule has 0 aliphatic heterocycles. The summed E-state index contributed by atoms with van der Waals surface area (Å²) >= 11 is 9.14. The van der Waals surface area contributed by atoms with Gasteiger partial charge in [-0.15, -0.1) is 0 Å². The zero-order valence-electron chi connectivity index (χ0n) is 8.22. The van der Waals surface area contributed by atoms with Crippen LogP contribution in [0.15, 0.2) is 16.7 Å². The van der Waals surface area contributed by atoms with Gasteiger partial charge in [-0.25, -0.2) is 15.0 Å². The highest BCUT2D eigenvalue weighted by atomic mass is 79.9. The van der Waals surface area contributed by atoms with Crippen molar-refractivity contribution in [3.8, 4) is 12.1 Å². The van der Waals surface area contributed by atoms with Crippen molar-refractivity contribution < 1.29 is 0 Å². The number of pyridine rings is 1. The molecule has 2 aromatic heterocycles. The van der Waals surface area contributed by atoms with Gasteiger partial charge in [-0.05, 0) is 22.0 Å². The van der Waals surface area contributed by atoms with Crippen molar-refractivity contribution in [2.75, 3.05) is 0 Å². The predicted octanol–water partition coefficient (Wildman–Crippen LogP) is 2.57. The van der Waals surface area contributed by atoms with Crippen LogP contribution in [0.1, 0.15) is 11.6 Å². The lowest BCUT2D eigenvalue weighted by Crippen LogP contribution is -2.01. The summed E-state index contributed by atoms with van der Waals surface area (Å²) in [4.78, 5) is 12.2. The van der Waals surface area contributed by atoms with E-state index in [1.54, 1.807) is 24.4 Å². The molecular formula is C10H3BrClN5. The molecule has 2 rings (SSSR count). The van der Waals surface area contributed by atoms with Gasteiger partial charge in [-0.3, -0.25) is 0 Å². The number of hydrogen-bond donors (Lipinski definition) is 0. The van der Waals surface area contributed by atoms with Gasteiger partial charge in [0.2, 0.25) is 0 Å². The molecule has 0 bridgehead atoms. The maximum atomic E-state index is 8.79. The van der Waals surface area contributed by atoms with Crippen LogP contribution in [-0.4, -0.2) is 15.0 Å². The summed E-state index contributed by atoms with van der Waals surface area (Å²) in [5, 5.41) is 17.6. The normalized spacial score (nSPS) is 10.2. The third-order valence-corrected chi connectivity index (χ3v) is 2.71. The van der Waals surface area contributed by atoms with Crippen molar-refractivity contribution >= 4 is 38.7 Å². The monoisotopic (exact) mass is 307 g/mol. The van der Waals surface area contributed by atoms with Gasteiger partial charge in [0.25, 0.3) is 0 Å². The van der Waals surface area contributed by atoms with Crippen molar-refractivity contribution in [1.29, 1.82) is 10.5 Å². The molecule has 7 heteroatoms. The fourth-order valence-corrected chi connectivity index (χ4v) is 1.81. The van der Waals surface area contributed by atoms with Crippen LogP contribution < -0.4 is 0 Å². The summed E-state index contributed by atoms with van der Waals surface area (Å²) in [7, 11) is 0. The first-order valence-electron chi connectivity index (χ1n) is 4.43. The molecule has 0 saturated heterocycles. The molecule has 2 heterocycles. The van der Waals surface area contributed by atoms with Crippen LogP contribution in [0.25, 0.3) is 11.2 Å². The molecular weight excluding hydrogens is 306 g/mol. The molecule has 82 valence electrons. The zero-order valence-corrected chi connectivity index (χ0v) is 10.6. The fourth-order valence-electron chi connectivity index (χ4n) is 1.25. The largest absolute Gasteiger partial charge is 0.234 e. The smallest absolute Gasteiger partial charge is 0.178 e. The summed E-state index contributed by atoms with van der Waals surface area (Å²) < 4.78 is 0.750. The second-order valence-electron chi connectivity index (χ2n) is 3.09. The minimum absolute atomic E-state index is 0.0468. The van der Waals surface area contributed by atoms with E-state index in [2.05, 4.69) is 30.9 Å². The zero-order chi connectivity index (χ0) is 12.4. The van der Waals surface area contributed by atoms with Gasteiger partial charge < -0.3 is 0 Å². The number of rotatable bonds is 1. The summed E-state index contributed by atoms with van der Waals surface area (Å²) in [5.74, 6) is -1.04. The second kappa shape index (κ2) is 4.62. The van der Waals surface area contributed by atoms with E-state index in [1.807, 2.05) is 0 Å². The molecule has 0 N–H and O–H groups in total. The molecule has 0 fully saturated rings. The topological polar surface area (TPSA) is 86.2 Å². The van der Waals surface area contributed by atoms with Crippen LogP contribution >= 0.6 is 27.5 Å². The molecule has 0 atom stereocenters. The minimum atomic E-state index is -1.04. The van der Waals surface area contributed by atoms with Crippen LogP contribution in [-0.2, 0) is 0 Å². The van der Waals surface area contributed by atoms with Gasteiger partial charge >= 0.3 is 0 Å². The number of nitrogens with zero attached hydrogens (tertiary/aromatic N) is 5. The van der Waals surface area contributed by atoms with E-state index in [1.165, 1.54) is 0 Å². The Morgan fingerprint density at radius 3 is 2.65 bits per heavy atom. The summed E-state index contributed by atoms with van der Waals surface area (Å²) in [6.45, 7) is 0. The molecule has 0 aliphatic rings. The Labute approximate surface area is 110 Å². The van der Waals surface area contributed by atoms with Crippen LogP contribution in [0, 0.1) is 22.7 Å². The first-order chi connectivity index (χ1) is 8.15. The van der Waals surface area contributed by atoms with E-state index >= 15 is 0 Å². The lowest BCUT2D eigenvalue weighted by Gasteiger charge is -2.04. The Morgan fingerprint density at radius 2 is 2.00 bits per heavy atom. The lowest BCUT2D eigenvalue weighted by atomic mass is 10.1. The minimum Gasteiger partial charge on any atom is -0.234 e. The van der Waals surface area contributed by atoms with E-state index < -0.39 is 5.92 Å². The summed E-state index contributed by atoms with van der Waals surface area (Å²) in [5.41, 5.74) is 0.991. The molecule has 0 aliphatic carbocycles. The molecule has 0 spiro atoms. The van der Waals surface area contributed by atoms with Gasteiger partial charge in [0, 0.05) is 10.7 Å². The molecule has 2 aromatic rings. The van der Waals surface area contributed by atoms with Crippen molar-refractivity contribution in [1.82, 2.24) is 15.0 Å². The molecule has 0 amide bonds. The van der Waals surface area contributed by atoms with Crippen LogP contribution in [0.4, 0.5) is 0 Å². The van der Waals surface area contributed by atoms with Crippen molar-refractivity contribution in [2.45, 2.75) is 5.92 Å². The maximum absolute atomic E-state index is 8.79. The first kappa shape index (κ1) is 11.7. The Morgan fingerprint density at radius 1 is 1.29 bits per heavy atom. The molecule has 5 nitrogen and oxygen atoms in total. The van der Waals surface area contributed by atoms with Gasteiger partial charge in [0.05, 0.1) is 12.1 Å². The van der Waals surface area contributed by atoms with Crippen molar-refractivity contribution in [3.05, 3.63) is 27.6 Å². The quantitative estimate of drug-likeness (QED) is 0.808. The third-order valence-electron chi connectivity index (χ3n) is 2.00. The molecule has 0 radical (unpaired) electrons. The Hall–Kier alpha value is -1.76. The second-order valence-corrected chi connectivity index (χ2v) is 4.36. The molecule has 0 aromatic carbocycles. The number of halogens is 2. The van der Waals surface area contributed by atoms with Crippen molar-refractivity contribution in [2.24, 2.45) is 0 Å². The molecule has 0 unspecified atom stereocenters. The number of aromatic nitrogens is 3. The lowest BCUT2D eigenvalue weighted by molar-refractivity contribution is 0.999. The van der Waals surface area contributed by atoms with Crippen molar-refractivity contribution in [3.63, 3.8) is 0 Å². The van der Waals surface area contributed by atoms with E-state index in [-0.39, 0.29) is 10.8 Å². The fraction of sp³-hybridized carbons (Fsp3) is 0.100. The first-order valence-corrected chi connectivity index (χ1v) is 5.60. The summed E-state index contributed by atoms with van der Waals surface area (Å²) in [6.07, 6.45) is 1.56. The van der Waals surface area contributed by atoms with Gasteiger partial charge in [-0.1, -0.05) is 11.6 Å². The highest BCUT2D eigenvalue weighted by molar-refractivity contribution is 9.10. The Kier molecular flexibility index (Phi) is 3.19. The molecule has 17 heavy (non-hydrogen) atoms. The number of hydrogen-bond acceptors (Lipinski definition) is 5. The van der Waals surface area contributed by atoms with Crippen LogP contribution in [0.2, 0.25) is 5.15 Å². The van der Waals surface area contributed by atoms with Gasteiger partial charge in [0.1, 0.15) is 11.2 Å².